The van der Waals surface area contributed by atoms with Crippen LogP contribution < -0.4 is 11.1 Å². The molecule has 0 aliphatic heterocycles. The predicted molar refractivity (Wildman–Crippen MR) is 84.0 cm³/mol. The normalized spacial score (nSPS) is 17.5. The van der Waals surface area contributed by atoms with E-state index in [1.54, 1.807) is 0 Å². The van der Waals surface area contributed by atoms with Crippen molar-refractivity contribution in [1.29, 1.82) is 0 Å². The molecule has 1 saturated carbocycles. The standard InChI is InChI=1S/C16H23N5O/c17-13(10-12-6-2-1-3-7-12)16(22)18-11-15-20-19-14-8-4-5-9-21(14)15/h4-5,8-9,12-13H,1-3,6-7,10-11,17H2,(H,18,22). The number of rotatable bonds is 5. The van der Waals surface area contributed by atoms with Crippen LogP contribution in [0.5, 0.6) is 0 Å². The maximum Gasteiger partial charge on any atom is 0.237 e. The highest BCUT2D eigenvalue weighted by Crippen LogP contribution is 2.26. The van der Waals surface area contributed by atoms with Crippen LogP contribution in [0.1, 0.15) is 44.3 Å². The fraction of sp³-hybridized carbons (Fsp3) is 0.562. The second-order valence-corrected chi connectivity index (χ2v) is 6.11. The third-order valence-electron chi connectivity index (χ3n) is 4.45. The minimum atomic E-state index is -0.428. The summed E-state index contributed by atoms with van der Waals surface area (Å²) >= 11 is 0. The van der Waals surface area contributed by atoms with Gasteiger partial charge in [0.15, 0.2) is 11.5 Å². The molecule has 6 heteroatoms. The molecule has 0 radical (unpaired) electrons. The van der Waals surface area contributed by atoms with Crippen LogP contribution in [0.2, 0.25) is 0 Å². The highest BCUT2D eigenvalue weighted by molar-refractivity contribution is 5.81. The first kappa shape index (κ1) is 15.0. The summed E-state index contributed by atoms with van der Waals surface area (Å²) in [5.74, 6) is 1.22. The summed E-state index contributed by atoms with van der Waals surface area (Å²) in [6, 6.07) is 5.28. The van der Waals surface area contributed by atoms with Gasteiger partial charge in [0.05, 0.1) is 12.6 Å². The number of hydrogen-bond acceptors (Lipinski definition) is 4. The summed E-state index contributed by atoms with van der Waals surface area (Å²) in [5, 5.41) is 11.0. The van der Waals surface area contributed by atoms with Crippen molar-refractivity contribution in [2.45, 2.75) is 51.1 Å². The number of amides is 1. The van der Waals surface area contributed by atoms with Gasteiger partial charge in [0, 0.05) is 6.20 Å². The Morgan fingerprint density at radius 1 is 1.32 bits per heavy atom. The van der Waals surface area contributed by atoms with Crippen LogP contribution in [0, 0.1) is 5.92 Å². The van der Waals surface area contributed by atoms with E-state index >= 15 is 0 Å². The van der Waals surface area contributed by atoms with E-state index < -0.39 is 6.04 Å². The summed E-state index contributed by atoms with van der Waals surface area (Å²) in [5.41, 5.74) is 6.82. The monoisotopic (exact) mass is 301 g/mol. The largest absolute Gasteiger partial charge is 0.347 e. The smallest absolute Gasteiger partial charge is 0.237 e. The fourth-order valence-corrected chi connectivity index (χ4v) is 3.20. The average Bonchev–Trinajstić information content (AvgIpc) is 2.97. The highest BCUT2D eigenvalue weighted by atomic mass is 16.2. The van der Waals surface area contributed by atoms with E-state index in [0.717, 1.165) is 12.1 Å². The minimum Gasteiger partial charge on any atom is -0.347 e. The third-order valence-corrected chi connectivity index (χ3v) is 4.45. The number of carbonyl (C=O) groups is 1. The lowest BCUT2D eigenvalue weighted by atomic mass is 9.85. The number of nitrogens with two attached hydrogens (primary N) is 1. The van der Waals surface area contributed by atoms with Gasteiger partial charge in [0.2, 0.25) is 5.91 Å². The lowest BCUT2D eigenvalue weighted by Gasteiger charge is -2.24. The van der Waals surface area contributed by atoms with E-state index in [4.69, 9.17) is 5.73 Å². The number of carbonyl (C=O) groups excluding carboxylic acids is 1. The van der Waals surface area contributed by atoms with Crippen molar-refractivity contribution in [2.24, 2.45) is 11.7 Å². The molecule has 3 rings (SSSR count). The quantitative estimate of drug-likeness (QED) is 0.879. The first-order chi connectivity index (χ1) is 10.7. The summed E-state index contributed by atoms with van der Waals surface area (Å²) in [7, 11) is 0. The molecule has 0 bridgehead atoms. The van der Waals surface area contributed by atoms with Crippen molar-refractivity contribution in [3.63, 3.8) is 0 Å². The molecule has 1 aliphatic carbocycles. The molecule has 1 fully saturated rings. The van der Waals surface area contributed by atoms with Crippen LogP contribution >= 0.6 is 0 Å². The molecule has 2 heterocycles. The number of fused-ring (bicyclic) bond motifs is 1. The summed E-state index contributed by atoms with van der Waals surface area (Å²) in [6.07, 6.45) is 8.93. The molecule has 118 valence electrons. The Labute approximate surface area is 130 Å². The first-order valence-corrected chi connectivity index (χ1v) is 8.06. The van der Waals surface area contributed by atoms with Gasteiger partial charge in [0.1, 0.15) is 0 Å². The van der Waals surface area contributed by atoms with Crippen LogP contribution in [0.3, 0.4) is 0 Å². The van der Waals surface area contributed by atoms with Crippen molar-refractivity contribution < 1.29 is 4.79 Å². The molecule has 22 heavy (non-hydrogen) atoms. The molecular formula is C16H23N5O. The van der Waals surface area contributed by atoms with Crippen molar-refractivity contribution in [1.82, 2.24) is 19.9 Å². The molecule has 0 aromatic carbocycles. The van der Waals surface area contributed by atoms with Gasteiger partial charge in [-0.15, -0.1) is 10.2 Å². The van der Waals surface area contributed by atoms with Crippen LogP contribution in [0.15, 0.2) is 24.4 Å². The second-order valence-electron chi connectivity index (χ2n) is 6.11. The third kappa shape index (κ3) is 3.44. The predicted octanol–water partition coefficient (Wildman–Crippen LogP) is 1.64. The number of pyridine rings is 1. The fourth-order valence-electron chi connectivity index (χ4n) is 3.20. The maximum atomic E-state index is 12.2. The van der Waals surface area contributed by atoms with Crippen LogP contribution in [0.25, 0.3) is 5.65 Å². The Morgan fingerprint density at radius 2 is 2.14 bits per heavy atom. The van der Waals surface area contributed by atoms with Gasteiger partial charge in [-0.3, -0.25) is 9.20 Å². The van der Waals surface area contributed by atoms with Crippen LogP contribution in [0.4, 0.5) is 0 Å². The zero-order valence-electron chi connectivity index (χ0n) is 12.7. The molecule has 1 aliphatic rings. The van der Waals surface area contributed by atoms with Gasteiger partial charge >= 0.3 is 0 Å². The topological polar surface area (TPSA) is 85.3 Å². The van der Waals surface area contributed by atoms with E-state index in [1.165, 1.54) is 32.1 Å². The van der Waals surface area contributed by atoms with Crippen molar-refractivity contribution >= 4 is 11.6 Å². The van der Waals surface area contributed by atoms with E-state index in [2.05, 4.69) is 15.5 Å². The van der Waals surface area contributed by atoms with Gasteiger partial charge in [-0.25, -0.2) is 0 Å². The second kappa shape index (κ2) is 6.87. The van der Waals surface area contributed by atoms with Gasteiger partial charge in [-0.05, 0) is 24.5 Å². The molecule has 0 spiro atoms. The zero-order chi connectivity index (χ0) is 15.4. The van der Waals surface area contributed by atoms with Crippen molar-refractivity contribution in [3.8, 4) is 0 Å². The molecular weight excluding hydrogens is 278 g/mol. The van der Waals surface area contributed by atoms with Crippen LogP contribution in [-0.4, -0.2) is 26.5 Å². The molecule has 0 saturated heterocycles. The summed E-state index contributed by atoms with van der Waals surface area (Å²) in [4.78, 5) is 12.2. The Morgan fingerprint density at radius 3 is 2.95 bits per heavy atom. The molecule has 2 aromatic rings. The number of nitrogens with one attached hydrogen (secondary N) is 1. The molecule has 1 unspecified atom stereocenters. The van der Waals surface area contributed by atoms with Crippen LogP contribution in [-0.2, 0) is 11.3 Å². The summed E-state index contributed by atoms with van der Waals surface area (Å²) in [6.45, 7) is 0.350. The van der Waals surface area contributed by atoms with Gasteiger partial charge in [-0.1, -0.05) is 38.2 Å². The molecule has 1 amide bonds. The number of hydrogen-bond donors (Lipinski definition) is 2. The van der Waals surface area contributed by atoms with Gasteiger partial charge < -0.3 is 11.1 Å². The van der Waals surface area contributed by atoms with E-state index in [-0.39, 0.29) is 5.91 Å². The maximum absolute atomic E-state index is 12.2. The lowest BCUT2D eigenvalue weighted by Crippen LogP contribution is -2.41. The summed E-state index contributed by atoms with van der Waals surface area (Å²) < 4.78 is 1.87. The molecule has 2 aromatic heterocycles. The highest BCUT2D eigenvalue weighted by Gasteiger charge is 2.21. The van der Waals surface area contributed by atoms with Crippen molar-refractivity contribution in [2.75, 3.05) is 0 Å². The van der Waals surface area contributed by atoms with E-state index in [9.17, 15) is 4.79 Å². The lowest BCUT2D eigenvalue weighted by molar-refractivity contribution is -0.123. The first-order valence-electron chi connectivity index (χ1n) is 8.06. The van der Waals surface area contributed by atoms with Gasteiger partial charge in [-0.2, -0.15) is 0 Å². The van der Waals surface area contributed by atoms with Crippen molar-refractivity contribution in [3.05, 3.63) is 30.2 Å². The average molecular weight is 301 g/mol. The van der Waals surface area contributed by atoms with E-state index in [0.29, 0.717) is 18.3 Å². The molecule has 3 N–H and O–H groups in total. The van der Waals surface area contributed by atoms with Gasteiger partial charge in [0.25, 0.3) is 0 Å². The Hall–Kier alpha value is -1.95. The zero-order valence-corrected chi connectivity index (χ0v) is 12.7. The number of aromatic nitrogens is 3. The molecule has 6 nitrogen and oxygen atoms in total. The van der Waals surface area contributed by atoms with E-state index in [1.807, 2.05) is 28.8 Å². The minimum absolute atomic E-state index is 0.0988. The Bertz CT molecular complexity index is 632. The Balaban J connectivity index is 1.53. The Kier molecular flexibility index (Phi) is 4.68. The SMILES string of the molecule is NC(CC1CCCCC1)C(=O)NCc1nnc2ccccn12. The number of nitrogens with zero attached hydrogens (tertiary/aromatic N) is 3. The molecule has 1 atom stereocenters.